The molecule has 0 aliphatic rings. The minimum Gasteiger partial charge on any atom is -0.508 e. The molecule has 1 atom stereocenters. The first-order valence-corrected chi connectivity index (χ1v) is 12.0. The van der Waals surface area contributed by atoms with Crippen LogP contribution in [0.2, 0.25) is 5.02 Å². The van der Waals surface area contributed by atoms with E-state index in [1.807, 2.05) is 0 Å². The molecule has 9 nitrogen and oxygen atoms in total. The number of aliphatic carboxylic acids is 1. The average Bonchev–Trinajstić information content (AvgIpc) is 2.89. The smallest absolute Gasteiger partial charge is 0.416 e. The molecule has 3 rings (SSSR count). The first-order chi connectivity index (χ1) is 18.8. The molecule has 0 aliphatic carbocycles. The maximum atomic E-state index is 13.3. The highest BCUT2D eigenvalue weighted by Gasteiger charge is 2.32. The van der Waals surface area contributed by atoms with Crippen molar-refractivity contribution in [2.24, 2.45) is 0 Å². The van der Waals surface area contributed by atoms with Crippen molar-refractivity contribution in [1.29, 1.82) is 0 Å². The topological polar surface area (TPSA) is 136 Å². The van der Waals surface area contributed by atoms with Crippen LogP contribution in [-0.4, -0.2) is 45.0 Å². The zero-order valence-electron chi connectivity index (χ0n) is 20.8. The molecule has 0 heterocycles. The summed E-state index contributed by atoms with van der Waals surface area (Å²) in [6.07, 6.45) is -5.32. The number of aromatic hydroxyl groups is 1. The van der Waals surface area contributed by atoms with E-state index in [0.29, 0.717) is 10.6 Å². The molecule has 0 radical (unpaired) electrons. The number of hydrazine groups is 1. The Hall–Kier alpha value is -4.42. The maximum absolute atomic E-state index is 13.3. The molecule has 3 aromatic carbocycles. The summed E-state index contributed by atoms with van der Waals surface area (Å²) in [6.45, 7) is 1.24. The van der Waals surface area contributed by atoms with E-state index < -0.39 is 47.9 Å². The molecule has 0 saturated heterocycles. The molecular formula is C27H23ClF3N3O6. The number of carbonyl (C=O) groups is 4. The van der Waals surface area contributed by atoms with E-state index in [1.165, 1.54) is 30.3 Å². The van der Waals surface area contributed by atoms with E-state index in [1.54, 1.807) is 12.1 Å². The van der Waals surface area contributed by atoms with Gasteiger partial charge < -0.3 is 15.5 Å². The first-order valence-electron chi connectivity index (χ1n) is 11.6. The van der Waals surface area contributed by atoms with Crippen molar-refractivity contribution in [2.45, 2.75) is 32.1 Å². The number of alkyl halides is 3. The molecule has 0 aliphatic heterocycles. The van der Waals surface area contributed by atoms with Gasteiger partial charge in [-0.2, -0.15) is 13.2 Å². The Kier molecular flexibility index (Phi) is 9.51. The molecule has 0 spiro atoms. The fourth-order valence-electron chi connectivity index (χ4n) is 3.51. The zero-order valence-corrected chi connectivity index (χ0v) is 21.6. The number of carboxylic acids is 1. The summed E-state index contributed by atoms with van der Waals surface area (Å²) < 4.78 is 39.2. The van der Waals surface area contributed by atoms with Gasteiger partial charge in [-0.15, -0.1) is 0 Å². The lowest BCUT2D eigenvalue weighted by Crippen LogP contribution is -2.53. The largest absolute Gasteiger partial charge is 0.508 e. The highest BCUT2D eigenvalue weighted by atomic mass is 35.5. The minimum absolute atomic E-state index is 0.0237. The van der Waals surface area contributed by atoms with Crippen molar-refractivity contribution in [1.82, 2.24) is 15.8 Å². The molecule has 13 heteroatoms. The molecule has 40 heavy (non-hydrogen) atoms. The van der Waals surface area contributed by atoms with Crippen molar-refractivity contribution in [3.05, 3.63) is 99.6 Å². The number of halogens is 4. The van der Waals surface area contributed by atoms with E-state index in [-0.39, 0.29) is 34.0 Å². The van der Waals surface area contributed by atoms with Crippen molar-refractivity contribution < 1.29 is 42.6 Å². The van der Waals surface area contributed by atoms with E-state index >= 15 is 0 Å². The summed E-state index contributed by atoms with van der Waals surface area (Å²) >= 11 is 6.24. The standard InChI is InChI=1S/C27H23ClF3N3O6/c1-15(26(39)40)33-34(23(36)12-16-4-2-6-19(10-16)27(29,30)31)25(38)21-9-8-18(13-22(21)28)24(37)32-14-17-5-3-7-20(35)11-17/h2-11,13,15,33,35H,12,14H2,1H3,(H,32,37)(H,39,40)/t15-/m0/s1. The number of nitrogens with one attached hydrogen (secondary N) is 2. The van der Waals surface area contributed by atoms with Gasteiger partial charge in [0.15, 0.2) is 0 Å². The summed E-state index contributed by atoms with van der Waals surface area (Å²) in [4.78, 5) is 50.2. The monoisotopic (exact) mass is 577 g/mol. The molecule has 0 unspecified atom stereocenters. The second kappa shape index (κ2) is 12.6. The molecule has 0 saturated carbocycles. The number of rotatable bonds is 9. The lowest BCUT2D eigenvalue weighted by atomic mass is 10.1. The first kappa shape index (κ1) is 30.1. The lowest BCUT2D eigenvalue weighted by Gasteiger charge is -2.24. The third-order valence-corrected chi connectivity index (χ3v) is 5.89. The van der Waals surface area contributed by atoms with Crippen molar-refractivity contribution >= 4 is 35.3 Å². The second-order valence-electron chi connectivity index (χ2n) is 8.65. The van der Waals surface area contributed by atoms with Gasteiger partial charge >= 0.3 is 12.1 Å². The number of phenols is 1. The van der Waals surface area contributed by atoms with Crippen LogP contribution in [0.25, 0.3) is 0 Å². The Balaban J connectivity index is 1.81. The molecule has 3 amide bonds. The minimum atomic E-state index is -4.66. The van der Waals surface area contributed by atoms with Gasteiger partial charge in [-0.05, 0) is 54.4 Å². The summed E-state index contributed by atoms with van der Waals surface area (Å²) in [7, 11) is 0. The number of carbonyl (C=O) groups excluding carboxylic acids is 3. The van der Waals surface area contributed by atoms with Crippen LogP contribution in [0.4, 0.5) is 13.2 Å². The average molecular weight is 578 g/mol. The van der Waals surface area contributed by atoms with Crippen LogP contribution < -0.4 is 10.7 Å². The van der Waals surface area contributed by atoms with Crippen molar-refractivity contribution in [2.75, 3.05) is 0 Å². The highest BCUT2D eigenvalue weighted by Crippen LogP contribution is 2.30. The van der Waals surface area contributed by atoms with Crippen LogP contribution in [0.1, 0.15) is 44.3 Å². The lowest BCUT2D eigenvalue weighted by molar-refractivity contribution is -0.142. The highest BCUT2D eigenvalue weighted by molar-refractivity contribution is 6.34. The predicted octanol–water partition coefficient (Wildman–Crippen LogP) is 4.18. The Morgan fingerprint density at radius 2 is 1.65 bits per heavy atom. The number of hydrogen-bond acceptors (Lipinski definition) is 6. The SMILES string of the molecule is C[C@H](NN(C(=O)Cc1cccc(C(F)(F)F)c1)C(=O)c1ccc(C(=O)NCc2cccc(O)c2)cc1Cl)C(=O)O. The number of imide groups is 1. The van der Waals surface area contributed by atoms with Gasteiger partial charge in [-0.3, -0.25) is 19.2 Å². The molecule has 0 bridgehead atoms. The quantitative estimate of drug-likeness (QED) is 0.280. The Bertz CT molecular complexity index is 1450. The third-order valence-electron chi connectivity index (χ3n) is 5.58. The van der Waals surface area contributed by atoms with Gasteiger partial charge in [0.1, 0.15) is 11.8 Å². The number of phenolic OH excluding ortho intramolecular Hbond substituents is 1. The van der Waals surface area contributed by atoms with Crippen molar-refractivity contribution in [3.8, 4) is 5.75 Å². The summed E-state index contributed by atoms with van der Waals surface area (Å²) in [5.41, 5.74) is 1.60. The van der Waals surface area contributed by atoms with Gasteiger partial charge in [0.05, 0.1) is 22.6 Å². The predicted molar refractivity (Wildman–Crippen MR) is 137 cm³/mol. The zero-order chi connectivity index (χ0) is 29.6. The van der Waals surface area contributed by atoms with Crippen molar-refractivity contribution in [3.63, 3.8) is 0 Å². The van der Waals surface area contributed by atoms with Crippen LogP contribution in [-0.2, 0) is 28.7 Å². The Morgan fingerprint density at radius 3 is 2.27 bits per heavy atom. The number of nitrogens with zero attached hydrogens (tertiary/aromatic N) is 1. The van der Waals surface area contributed by atoms with Crippen LogP contribution in [0.3, 0.4) is 0 Å². The fraction of sp³-hybridized carbons (Fsp3) is 0.185. The van der Waals surface area contributed by atoms with Crippen LogP contribution in [0, 0.1) is 0 Å². The Labute approximate surface area is 231 Å². The summed E-state index contributed by atoms with van der Waals surface area (Å²) in [6, 6.07) is 12.3. The van der Waals surface area contributed by atoms with E-state index in [9.17, 15) is 42.6 Å². The second-order valence-corrected chi connectivity index (χ2v) is 9.05. The number of amides is 3. The number of benzene rings is 3. The maximum Gasteiger partial charge on any atom is 0.416 e. The molecule has 4 N–H and O–H groups in total. The van der Waals surface area contributed by atoms with Gasteiger partial charge in [-0.25, -0.2) is 10.4 Å². The molecule has 210 valence electrons. The van der Waals surface area contributed by atoms with E-state index in [2.05, 4.69) is 10.7 Å². The summed E-state index contributed by atoms with van der Waals surface area (Å²) in [5, 5.41) is 21.6. The normalized spacial score (nSPS) is 11.9. The molecular weight excluding hydrogens is 555 g/mol. The molecule has 0 aromatic heterocycles. The van der Waals surface area contributed by atoms with Gasteiger partial charge in [0, 0.05) is 12.1 Å². The van der Waals surface area contributed by atoms with Gasteiger partial charge in [0.2, 0.25) is 5.91 Å². The van der Waals surface area contributed by atoms with E-state index in [0.717, 1.165) is 31.2 Å². The van der Waals surface area contributed by atoms with Crippen LogP contribution in [0.5, 0.6) is 5.75 Å². The van der Waals surface area contributed by atoms with Crippen LogP contribution >= 0.6 is 11.6 Å². The third kappa shape index (κ3) is 7.80. The molecule has 0 fully saturated rings. The summed E-state index contributed by atoms with van der Waals surface area (Å²) in [5.74, 6) is -4.06. The van der Waals surface area contributed by atoms with Gasteiger partial charge in [0.25, 0.3) is 11.8 Å². The molecule has 3 aromatic rings. The number of carboxylic acid groups (broad SMARTS) is 1. The Morgan fingerprint density at radius 1 is 0.975 bits per heavy atom. The van der Waals surface area contributed by atoms with Gasteiger partial charge in [-0.1, -0.05) is 41.9 Å². The van der Waals surface area contributed by atoms with Crippen LogP contribution in [0.15, 0.2) is 66.7 Å². The van der Waals surface area contributed by atoms with E-state index in [4.69, 9.17) is 11.6 Å². The number of hydrogen-bond donors (Lipinski definition) is 4. The fourth-order valence-corrected chi connectivity index (χ4v) is 3.77.